The van der Waals surface area contributed by atoms with E-state index >= 15 is 0 Å². The SMILES string of the molecule is Cn1cc(CN2CC[C@]3(C[C@H](Nc4ncccn4)CO3)C2)cn1. The second kappa shape index (κ2) is 5.90. The van der Waals surface area contributed by atoms with Crippen molar-refractivity contribution in [2.24, 2.45) is 7.05 Å². The molecule has 2 fully saturated rings. The Kier molecular flexibility index (Phi) is 3.74. The van der Waals surface area contributed by atoms with Gasteiger partial charge in [-0.05, 0) is 12.5 Å². The minimum atomic E-state index is -0.0192. The topological polar surface area (TPSA) is 68.1 Å². The number of hydrogen-bond acceptors (Lipinski definition) is 6. The van der Waals surface area contributed by atoms with Crippen LogP contribution in [0.4, 0.5) is 5.95 Å². The number of anilines is 1. The number of aryl methyl sites for hydroxylation is 1. The fourth-order valence-electron chi connectivity index (χ4n) is 3.65. The lowest BCUT2D eigenvalue weighted by Crippen LogP contribution is -2.33. The molecule has 2 aromatic rings. The summed E-state index contributed by atoms with van der Waals surface area (Å²) in [6, 6.07) is 2.11. The molecule has 7 heteroatoms. The van der Waals surface area contributed by atoms with E-state index < -0.39 is 0 Å². The van der Waals surface area contributed by atoms with Crippen molar-refractivity contribution in [1.82, 2.24) is 24.6 Å². The number of nitrogens with one attached hydrogen (secondary N) is 1. The Bertz CT molecular complexity index is 660. The molecule has 122 valence electrons. The molecule has 2 aliphatic rings. The maximum atomic E-state index is 6.18. The van der Waals surface area contributed by atoms with Gasteiger partial charge in [0.1, 0.15) is 0 Å². The summed E-state index contributed by atoms with van der Waals surface area (Å²) in [7, 11) is 1.96. The van der Waals surface area contributed by atoms with Crippen LogP contribution < -0.4 is 5.32 Å². The largest absolute Gasteiger partial charge is 0.371 e. The summed E-state index contributed by atoms with van der Waals surface area (Å²) in [6.45, 7) is 3.72. The van der Waals surface area contributed by atoms with Gasteiger partial charge in [-0.1, -0.05) is 0 Å². The molecule has 2 aromatic heterocycles. The van der Waals surface area contributed by atoms with Crippen LogP contribution in [0.25, 0.3) is 0 Å². The smallest absolute Gasteiger partial charge is 0.222 e. The summed E-state index contributed by atoms with van der Waals surface area (Å²) in [5.41, 5.74) is 1.24. The van der Waals surface area contributed by atoms with Crippen molar-refractivity contribution >= 4 is 5.95 Å². The van der Waals surface area contributed by atoms with Gasteiger partial charge in [-0.2, -0.15) is 5.10 Å². The van der Waals surface area contributed by atoms with E-state index in [2.05, 4.69) is 31.5 Å². The number of hydrogen-bond donors (Lipinski definition) is 1. The molecule has 1 N–H and O–H groups in total. The number of nitrogens with zero attached hydrogens (tertiary/aromatic N) is 5. The van der Waals surface area contributed by atoms with Gasteiger partial charge in [0.25, 0.3) is 0 Å². The first kappa shape index (κ1) is 14.6. The summed E-state index contributed by atoms with van der Waals surface area (Å²) >= 11 is 0. The quantitative estimate of drug-likeness (QED) is 0.910. The molecule has 4 heterocycles. The monoisotopic (exact) mass is 314 g/mol. The van der Waals surface area contributed by atoms with Gasteiger partial charge in [0.2, 0.25) is 5.95 Å². The first-order valence-corrected chi connectivity index (χ1v) is 8.08. The lowest BCUT2D eigenvalue weighted by molar-refractivity contribution is 0.0120. The third-order valence-corrected chi connectivity index (χ3v) is 4.67. The van der Waals surface area contributed by atoms with Gasteiger partial charge in [-0.25, -0.2) is 9.97 Å². The Hall–Kier alpha value is -1.99. The van der Waals surface area contributed by atoms with E-state index in [4.69, 9.17) is 4.74 Å². The minimum absolute atomic E-state index is 0.0192. The molecule has 0 unspecified atom stereocenters. The van der Waals surface area contributed by atoms with Crippen molar-refractivity contribution in [1.29, 1.82) is 0 Å². The van der Waals surface area contributed by atoms with Crippen molar-refractivity contribution in [3.63, 3.8) is 0 Å². The molecular formula is C16H22N6O. The molecular weight excluding hydrogens is 292 g/mol. The minimum Gasteiger partial charge on any atom is -0.371 e. The molecule has 23 heavy (non-hydrogen) atoms. The summed E-state index contributed by atoms with van der Waals surface area (Å²) in [5, 5.41) is 7.62. The maximum Gasteiger partial charge on any atom is 0.222 e. The first-order chi connectivity index (χ1) is 11.2. The van der Waals surface area contributed by atoms with Crippen LogP contribution >= 0.6 is 0 Å². The van der Waals surface area contributed by atoms with Crippen LogP contribution in [0.2, 0.25) is 0 Å². The molecule has 2 aliphatic heterocycles. The van der Waals surface area contributed by atoms with Crippen LogP contribution in [0.1, 0.15) is 18.4 Å². The van der Waals surface area contributed by atoms with Gasteiger partial charge in [0, 0.05) is 57.3 Å². The zero-order valence-electron chi connectivity index (χ0n) is 13.4. The Balaban J connectivity index is 1.34. The predicted molar refractivity (Wildman–Crippen MR) is 85.8 cm³/mol. The third kappa shape index (κ3) is 3.20. The number of aromatic nitrogens is 4. The van der Waals surface area contributed by atoms with E-state index in [1.54, 1.807) is 12.4 Å². The van der Waals surface area contributed by atoms with Gasteiger partial charge in [-0.3, -0.25) is 9.58 Å². The first-order valence-electron chi connectivity index (χ1n) is 8.08. The highest BCUT2D eigenvalue weighted by molar-refractivity contribution is 5.25. The van der Waals surface area contributed by atoms with Crippen molar-refractivity contribution in [2.45, 2.75) is 31.0 Å². The van der Waals surface area contributed by atoms with E-state index in [-0.39, 0.29) is 11.6 Å². The normalized spacial score (nSPS) is 27.8. The number of rotatable bonds is 4. The third-order valence-electron chi connectivity index (χ3n) is 4.67. The van der Waals surface area contributed by atoms with Gasteiger partial charge in [0.05, 0.1) is 24.4 Å². The highest BCUT2D eigenvalue weighted by atomic mass is 16.5. The van der Waals surface area contributed by atoms with Crippen LogP contribution in [0, 0.1) is 0 Å². The Morgan fingerprint density at radius 3 is 3.04 bits per heavy atom. The van der Waals surface area contributed by atoms with Gasteiger partial charge in [-0.15, -0.1) is 0 Å². The van der Waals surface area contributed by atoms with E-state index in [0.717, 1.165) is 39.1 Å². The second-order valence-corrected chi connectivity index (χ2v) is 6.59. The Morgan fingerprint density at radius 2 is 2.26 bits per heavy atom. The molecule has 0 aromatic carbocycles. The predicted octanol–water partition coefficient (Wildman–Crippen LogP) is 1.06. The highest BCUT2D eigenvalue weighted by Crippen LogP contribution is 2.36. The highest BCUT2D eigenvalue weighted by Gasteiger charge is 2.45. The fraction of sp³-hybridized carbons (Fsp3) is 0.562. The van der Waals surface area contributed by atoms with Crippen molar-refractivity contribution in [3.8, 4) is 0 Å². The Morgan fingerprint density at radius 1 is 1.39 bits per heavy atom. The van der Waals surface area contributed by atoms with Crippen LogP contribution in [0.15, 0.2) is 30.9 Å². The van der Waals surface area contributed by atoms with Crippen molar-refractivity contribution in [3.05, 3.63) is 36.4 Å². The fourth-order valence-corrected chi connectivity index (χ4v) is 3.65. The lowest BCUT2D eigenvalue weighted by Gasteiger charge is -2.23. The molecule has 1 spiro atoms. The molecule has 0 aliphatic carbocycles. The number of likely N-dealkylation sites (tertiary alicyclic amines) is 1. The lowest BCUT2D eigenvalue weighted by atomic mass is 9.97. The van der Waals surface area contributed by atoms with E-state index in [1.807, 2.05) is 24.0 Å². The van der Waals surface area contributed by atoms with E-state index in [0.29, 0.717) is 5.95 Å². The summed E-state index contributed by atoms with van der Waals surface area (Å²) < 4.78 is 8.03. The second-order valence-electron chi connectivity index (χ2n) is 6.59. The number of ether oxygens (including phenoxy) is 1. The molecule has 0 amide bonds. The maximum absolute atomic E-state index is 6.18. The van der Waals surface area contributed by atoms with Crippen LogP contribution in [-0.4, -0.2) is 56.0 Å². The molecule has 0 radical (unpaired) electrons. The van der Waals surface area contributed by atoms with E-state index in [1.165, 1.54) is 5.56 Å². The summed E-state index contributed by atoms with van der Waals surface area (Å²) in [4.78, 5) is 10.9. The van der Waals surface area contributed by atoms with Gasteiger partial charge >= 0.3 is 0 Å². The molecule has 0 bridgehead atoms. The van der Waals surface area contributed by atoms with Crippen molar-refractivity contribution < 1.29 is 4.74 Å². The van der Waals surface area contributed by atoms with Gasteiger partial charge in [0.15, 0.2) is 0 Å². The van der Waals surface area contributed by atoms with Crippen molar-refractivity contribution in [2.75, 3.05) is 25.0 Å². The molecule has 2 atom stereocenters. The van der Waals surface area contributed by atoms with Crippen LogP contribution in [-0.2, 0) is 18.3 Å². The average Bonchev–Trinajstić information content (AvgIpc) is 3.24. The summed E-state index contributed by atoms with van der Waals surface area (Å²) in [5.74, 6) is 0.684. The van der Waals surface area contributed by atoms with Crippen LogP contribution in [0.5, 0.6) is 0 Å². The standard InChI is InChI=1S/C16H22N6O/c1-21-9-13(8-19-21)10-22-6-3-16(12-22)7-14(11-23-16)20-15-17-4-2-5-18-15/h2,4-5,8-9,14H,3,6-7,10-12H2,1H3,(H,17,18,20)/t14-,16-/m0/s1. The molecule has 7 nitrogen and oxygen atoms in total. The zero-order chi connectivity index (χ0) is 15.7. The molecule has 2 saturated heterocycles. The summed E-state index contributed by atoms with van der Waals surface area (Å²) in [6.07, 6.45) is 9.63. The zero-order valence-corrected chi connectivity index (χ0v) is 13.4. The molecule has 0 saturated carbocycles. The van der Waals surface area contributed by atoms with E-state index in [9.17, 15) is 0 Å². The van der Waals surface area contributed by atoms with Gasteiger partial charge < -0.3 is 10.1 Å². The van der Waals surface area contributed by atoms with Crippen LogP contribution in [0.3, 0.4) is 0 Å². The molecule has 4 rings (SSSR count). The Labute approximate surface area is 135 Å². The average molecular weight is 314 g/mol.